The Balaban J connectivity index is 1.69. The molecule has 0 spiro atoms. The zero-order valence-electron chi connectivity index (χ0n) is 15.5. The quantitative estimate of drug-likeness (QED) is 0.566. The van der Waals surface area contributed by atoms with E-state index in [1.54, 1.807) is 19.1 Å². The highest BCUT2D eigenvalue weighted by atomic mass is 16.5. The highest BCUT2D eigenvalue weighted by Gasteiger charge is 2.59. The number of hydrogen-bond donors (Lipinski definition) is 2. The van der Waals surface area contributed by atoms with Gasteiger partial charge in [-0.3, -0.25) is 9.59 Å². The van der Waals surface area contributed by atoms with Gasteiger partial charge in [0.15, 0.2) is 0 Å². The number of methoxy groups -OCH3 is 1. The summed E-state index contributed by atoms with van der Waals surface area (Å²) < 4.78 is 15.8. The van der Waals surface area contributed by atoms with E-state index >= 15 is 0 Å². The van der Waals surface area contributed by atoms with E-state index in [0.29, 0.717) is 28.3 Å². The minimum Gasteiger partial charge on any atom is -0.461 e. The Hall–Kier alpha value is -2.43. The fourth-order valence-corrected chi connectivity index (χ4v) is 4.66. The van der Waals surface area contributed by atoms with Crippen molar-refractivity contribution in [1.29, 1.82) is 0 Å². The van der Waals surface area contributed by atoms with Gasteiger partial charge in [0.2, 0.25) is 11.8 Å². The molecule has 0 unspecified atom stereocenters. The number of likely N-dealkylation sites (tertiary alicyclic amines) is 1. The number of nitrogens with zero attached hydrogens (tertiary/aromatic N) is 1. The standard InChI is InChI=1S/C18H20BNO8/c1-8-5-11-14(17(23)20(16(11)22)18(24)26-2)10-6-13(28-19(25)15(8)10)12-4-3-9(7-21)27-12/h3-4,10-11,13-14,21,25H,5-7H2,1-2H3/t10-,11-,13-,14+/m0/s1. The zero-order chi connectivity index (χ0) is 20.2. The molecule has 1 aromatic rings. The van der Waals surface area contributed by atoms with Gasteiger partial charge < -0.3 is 23.9 Å². The Morgan fingerprint density at radius 2 is 2.07 bits per heavy atom. The van der Waals surface area contributed by atoms with Crippen LogP contribution in [0.2, 0.25) is 0 Å². The van der Waals surface area contributed by atoms with Crippen LogP contribution in [0.3, 0.4) is 0 Å². The molecule has 3 heterocycles. The summed E-state index contributed by atoms with van der Waals surface area (Å²) in [6, 6.07) is 3.25. The first-order valence-electron chi connectivity index (χ1n) is 9.05. The van der Waals surface area contributed by atoms with Crippen molar-refractivity contribution >= 4 is 25.0 Å². The van der Waals surface area contributed by atoms with E-state index in [9.17, 15) is 24.5 Å². The predicted molar refractivity (Wildman–Crippen MR) is 93.1 cm³/mol. The summed E-state index contributed by atoms with van der Waals surface area (Å²) in [6.07, 6.45) is -1.07. The maximum Gasteiger partial charge on any atom is 0.487 e. The number of carbonyl (C=O) groups excluding carboxylic acids is 3. The minimum atomic E-state index is -1.25. The molecule has 2 saturated heterocycles. The molecule has 0 saturated carbocycles. The second kappa shape index (κ2) is 6.87. The number of fused-ring (bicyclic) bond motifs is 3. The number of rotatable bonds is 2. The van der Waals surface area contributed by atoms with Crippen LogP contribution in [0.25, 0.3) is 0 Å². The molecule has 2 N–H and O–H groups in total. The average Bonchev–Trinajstić information content (AvgIpc) is 3.24. The molecule has 1 aromatic heterocycles. The molecular formula is C18H20BNO8. The van der Waals surface area contributed by atoms with Crippen LogP contribution < -0.4 is 0 Å². The topological polar surface area (TPSA) is 127 Å². The van der Waals surface area contributed by atoms with E-state index in [1.165, 1.54) is 0 Å². The van der Waals surface area contributed by atoms with Crippen molar-refractivity contribution in [2.24, 2.45) is 17.8 Å². The lowest BCUT2D eigenvalue weighted by molar-refractivity contribution is -0.137. The van der Waals surface area contributed by atoms with Crippen molar-refractivity contribution in [2.75, 3.05) is 7.11 Å². The lowest BCUT2D eigenvalue weighted by Gasteiger charge is -2.40. The molecule has 3 amide bonds. The van der Waals surface area contributed by atoms with Gasteiger partial charge in [0.1, 0.15) is 24.2 Å². The van der Waals surface area contributed by atoms with Gasteiger partial charge >= 0.3 is 13.2 Å². The summed E-state index contributed by atoms with van der Waals surface area (Å²) >= 11 is 0. The third-order valence-corrected chi connectivity index (χ3v) is 5.87. The molecule has 10 heteroatoms. The van der Waals surface area contributed by atoms with Gasteiger partial charge in [-0.15, -0.1) is 0 Å². The lowest BCUT2D eigenvalue weighted by Crippen LogP contribution is -2.44. The molecule has 28 heavy (non-hydrogen) atoms. The Kier molecular flexibility index (Phi) is 4.64. The summed E-state index contributed by atoms with van der Waals surface area (Å²) in [5, 5.41) is 19.8. The molecule has 4 rings (SSSR count). The maximum absolute atomic E-state index is 12.9. The van der Waals surface area contributed by atoms with Gasteiger partial charge in [0.25, 0.3) is 0 Å². The van der Waals surface area contributed by atoms with Crippen molar-refractivity contribution in [3.63, 3.8) is 0 Å². The first-order valence-corrected chi connectivity index (χ1v) is 9.05. The minimum absolute atomic E-state index is 0.269. The van der Waals surface area contributed by atoms with Crippen LogP contribution in [0.15, 0.2) is 27.6 Å². The van der Waals surface area contributed by atoms with E-state index in [2.05, 4.69) is 4.74 Å². The monoisotopic (exact) mass is 389 g/mol. The highest BCUT2D eigenvalue weighted by Crippen LogP contribution is 2.51. The summed E-state index contributed by atoms with van der Waals surface area (Å²) in [4.78, 5) is 38.1. The van der Waals surface area contributed by atoms with Crippen LogP contribution in [0, 0.1) is 17.8 Å². The molecule has 9 nitrogen and oxygen atoms in total. The van der Waals surface area contributed by atoms with Crippen LogP contribution in [-0.2, 0) is 25.6 Å². The van der Waals surface area contributed by atoms with Gasteiger partial charge in [-0.05, 0) is 43.3 Å². The van der Waals surface area contributed by atoms with Crippen molar-refractivity contribution in [1.82, 2.24) is 4.90 Å². The molecule has 2 fully saturated rings. The Morgan fingerprint density at radius 1 is 1.32 bits per heavy atom. The van der Waals surface area contributed by atoms with Crippen LogP contribution >= 0.6 is 0 Å². The lowest BCUT2D eigenvalue weighted by atomic mass is 9.55. The maximum atomic E-state index is 12.9. The fraction of sp³-hybridized carbons (Fsp3) is 0.500. The van der Waals surface area contributed by atoms with Gasteiger partial charge in [0, 0.05) is 0 Å². The Labute approximate surface area is 161 Å². The summed E-state index contributed by atoms with van der Waals surface area (Å²) in [7, 11) is -0.133. The summed E-state index contributed by atoms with van der Waals surface area (Å²) in [6.45, 7) is 1.52. The van der Waals surface area contributed by atoms with E-state index < -0.39 is 48.9 Å². The molecule has 0 radical (unpaired) electrons. The first kappa shape index (κ1) is 18.9. The van der Waals surface area contributed by atoms with Crippen molar-refractivity contribution in [3.05, 3.63) is 34.7 Å². The third-order valence-electron chi connectivity index (χ3n) is 5.87. The molecule has 148 valence electrons. The SMILES string of the molecule is COC(=O)N1C(=O)[C@H]2[C@H](CC(C)=C3B(O)O[C@H](c4ccc(CO)o4)C[C@H]32)C1=O. The molecule has 1 aliphatic carbocycles. The smallest absolute Gasteiger partial charge is 0.461 e. The highest BCUT2D eigenvalue weighted by molar-refractivity contribution is 6.53. The molecule has 2 aliphatic heterocycles. The fourth-order valence-electron chi connectivity index (χ4n) is 4.66. The number of aliphatic hydroxyl groups excluding tert-OH is 1. The summed E-state index contributed by atoms with van der Waals surface area (Å²) in [5.41, 5.74) is 1.36. The number of amides is 3. The van der Waals surface area contributed by atoms with E-state index in [4.69, 9.17) is 9.07 Å². The number of imide groups is 3. The predicted octanol–water partition coefficient (Wildman–Crippen LogP) is 0.957. The van der Waals surface area contributed by atoms with Crippen LogP contribution in [-0.4, -0.2) is 47.2 Å². The van der Waals surface area contributed by atoms with Crippen LogP contribution in [0.1, 0.15) is 37.4 Å². The second-order valence-electron chi connectivity index (χ2n) is 7.34. The molecule has 3 aliphatic rings. The van der Waals surface area contributed by atoms with Crippen LogP contribution in [0.5, 0.6) is 0 Å². The molecule has 4 atom stereocenters. The van der Waals surface area contributed by atoms with Crippen molar-refractivity contribution in [3.8, 4) is 0 Å². The van der Waals surface area contributed by atoms with Gasteiger partial charge in [0.05, 0.1) is 18.9 Å². The van der Waals surface area contributed by atoms with Crippen molar-refractivity contribution < 1.29 is 38.3 Å². The van der Waals surface area contributed by atoms with Gasteiger partial charge in [-0.25, -0.2) is 4.79 Å². The number of furan rings is 1. The van der Waals surface area contributed by atoms with Gasteiger partial charge in [-0.1, -0.05) is 5.57 Å². The number of ether oxygens (including phenoxy) is 1. The van der Waals surface area contributed by atoms with Crippen LogP contribution in [0.4, 0.5) is 4.79 Å². The van der Waals surface area contributed by atoms with E-state index in [-0.39, 0.29) is 13.0 Å². The van der Waals surface area contributed by atoms with Gasteiger partial charge in [-0.2, -0.15) is 4.90 Å². The number of allylic oxidation sites excluding steroid dienone is 2. The third kappa shape index (κ3) is 2.71. The molecule has 0 bridgehead atoms. The summed E-state index contributed by atoms with van der Waals surface area (Å²) in [5.74, 6) is -2.31. The van der Waals surface area contributed by atoms with Crippen molar-refractivity contribution in [2.45, 2.75) is 32.5 Å². The Morgan fingerprint density at radius 3 is 2.71 bits per heavy atom. The first-order chi connectivity index (χ1) is 13.4. The molecular weight excluding hydrogens is 369 g/mol. The second-order valence-corrected chi connectivity index (χ2v) is 7.34. The zero-order valence-corrected chi connectivity index (χ0v) is 15.5. The van der Waals surface area contributed by atoms with E-state index in [1.807, 2.05) is 0 Å². The number of hydrogen-bond acceptors (Lipinski definition) is 8. The molecule has 0 aromatic carbocycles. The van der Waals surface area contributed by atoms with E-state index in [0.717, 1.165) is 12.7 Å². The largest absolute Gasteiger partial charge is 0.487 e. The number of aliphatic hydroxyl groups is 1. The number of carbonyl (C=O) groups is 3. The average molecular weight is 389 g/mol. The Bertz CT molecular complexity index is 877. The normalized spacial score (nSPS) is 29.9.